The summed E-state index contributed by atoms with van der Waals surface area (Å²) in [6, 6.07) is 4.96. The normalized spacial score (nSPS) is 41.5. The zero-order valence-corrected chi connectivity index (χ0v) is 14.6. The molecule has 128 valence electrons. The van der Waals surface area contributed by atoms with E-state index in [4.69, 9.17) is 32.7 Å². The van der Waals surface area contributed by atoms with Gasteiger partial charge < -0.3 is 9.47 Å². The molecule has 5 aliphatic rings. The molecule has 1 saturated heterocycles. The van der Waals surface area contributed by atoms with E-state index in [1.54, 1.807) is 18.2 Å². The van der Waals surface area contributed by atoms with E-state index < -0.39 is 6.09 Å². The van der Waals surface area contributed by atoms with Gasteiger partial charge in [0.2, 0.25) is 0 Å². The first-order chi connectivity index (χ1) is 11.6. The summed E-state index contributed by atoms with van der Waals surface area (Å²) in [4.78, 5) is 12.3. The van der Waals surface area contributed by atoms with Crippen LogP contribution in [0.1, 0.15) is 25.7 Å². The fourth-order valence-corrected chi connectivity index (χ4v) is 6.03. The maximum Gasteiger partial charge on any atom is 0.411 e. The maximum atomic E-state index is 12.3. The third kappa shape index (κ3) is 2.51. The fourth-order valence-electron chi connectivity index (χ4n) is 5.50. The van der Waals surface area contributed by atoms with Crippen LogP contribution >= 0.6 is 23.2 Å². The molecule has 1 N–H and O–H groups in total. The van der Waals surface area contributed by atoms with E-state index in [2.05, 4.69) is 5.32 Å². The van der Waals surface area contributed by atoms with Gasteiger partial charge in [-0.15, -0.1) is 0 Å². The Bertz CT molecular complexity index is 677. The third-order valence-corrected chi connectivity index (χ3v) is 6.78. The van der Waals surface area contributed by atoms with Crippen LogP contribution in [0.25, 0.3) is 0 Å². The lowest BCUT2D eigenvalue weighted by Crippen LogP contribution is -2.49. The van der Waals surface area contributed by atoms with Gasteiger partial charge in [-0.1, -0.05) is 23.2 Å². The Kier molecular flexibility index (Phi) is 3.52. The van der Waals surface area contributed by atoms with Crippen LogP contribution in [0.4, 0.5) is 10.5 Å². The minimum atomic E-state index is -0.415. The monoisotopic (exact) mass is 367 g/mol. The first kappa shape index (κ1) is 15.3. The second kappa shape index (κ2) is 5.52. The maximum absolute atomic E-state index is 12.3. The van der Waals surface area contributed by atoms with Crippen molar-refractivity contribution in [3.63, 3.8) is 0 Å². The summed E-state index contributed by atoms with van der Waals surface area (Å²) >= 11 is 11.9. The number of carbonyl (C=O) groups excluding carboxylic acids is 1. The smallest absolute Gasteiger partial charge is 0.411 e. The number of nitrogens with one attached hydrogen (secondary N) is 1. The van der Waals surface area contributed by atoms with Gasteiger partial charge in [-0.05, 0) is 67.6 Å². The van der Waals surface area contributed by atoms with Crippen molar-refractivity contribution in [2.75, 3.05) is 5.32 Å². The number of ether oxygens (including phenoxy) is 2. The van der Waals surface area contributed by atoms with Crippen LogP contribution in [0.15, 0.2) is 18.2 Å². The molecule has 5 fully saturated rings. The van der Waals surface area contributed by atoms with E-state index >= 15 is 0 Å². The average molecular weight is 368 g/mol. The highest BCUT2D eigenvalue weighted by Gasteiger charge is 2.64. The first-order valence-corrected chi connectivity index (χ1v) is 9.43. The number of fused-ring (bicyclic) bond motifs is 3. The largest absolute Gasteiger partial charge is 0.446 e. The molecular weight excluding hydrogens is 349 g/mol. The molecule has 0 radical (unpaired) electrons. The molecule has 1 aromatic rings. The van der Waals surface area contributed by atoms with Crippen LogP contribution < -0.4 is 5.32 Å². The van der Waals surface area contributed by atoms with E-state index in [0.29, 0.717) is 51.6 Å². The van der Waals surface area contributed by atoms with E-state index in [-0.39, 0.29) is 6.10 Å². The molecule has 4 nitrogen and oxygen atoms in total. The minimum absolute atomic E-state index is 0.0251. The van der Waals surface area contributed by atoms with Crippen LogP contribution in [0.2, 0.25) is 10.0 Å². The topological polar surface area (TPSA) is 50.9 Å². The number of hydrogen-bond acceptors (Lipinski definition) is 3. The molecule has 1 aromatic carbocycles. The molecular formula is C18H19Cl2NO3. The van der Waals surface area contributed by atoms with Gasteiger partial charge in [-0.25, -0.2) is 4.79 Å². The van der Waals surface area contributed by atoms with Gasteiger partial charge in [0, 0.05) is 15.7 Å². The van der Waals surface area contributed by atoms with E-state index in [1.165, 1.54) is 12.8 Å². The molecule has 1 amide bonds. The van der Waals surface area contributed by atoms with Crippen molar-refractivity contribution in [1.29, 1.82) is 0 Å². The Hall–Kier alpha value is -0.970. The van der Waals surface area contributed by atoms with Crippen molar-refractivity contribution >= 4 is 35.0 Å². The quantitative estimate of drug-likeness (QED) is 0.767. The molecule has 4 aliphatic carbocycles. The second-order valence-electron chi connectivity index (χ2n) is 7.58. The number of anilines is 1. The number of rotatable bonds is 2. The van der Waals surface area contributed by atoms with Gasteiger partial charge in [0.15, 0.2) is 0 Å². The Morgan fingerprint density at radius 3 is 2.71 bits per heavy atom. The Morgan fingerprint density at radius 1 is 1.12 bits per heavy atom. The number of hydrogen-bond donors (Lipinski definition) is 1. The number of halogens is 2. The average Bonchev–Trinajstić information content (AvgIpc) is 3.16. The summed E-state index contributed by atoms with van der Waals surface area (Å²) in [5, 5.41) is 3.73. The molecule has 2 bridgehead atoms. The second-order valence-corrected chi connectivity index (χ2v) is 8.45. The molecule has 4 saturated carbocycles. The lowest BCUT2D eigenvalue weighted by atomic mass is 9.58. The van der Waals surface area contributed by atoms with E-state index in [0.717, 1.165) is 12.8 Å². The third-order valence-electron chi connectivity index (χ3n) is 6.35. The van der Waals surface area contributed by atoms with E-state index in [1.807, 2.05) is 0 Å². The van der Waals surface area contributed by atoms with Crippen LogP contribution in [0.3, 0.4) is 0 Å². The van der Waals surface area contributed by atoms with Gasteiger partial charge in [-0.3, -0.25) is 5.32 Å². The summed E-state index contributed by atoms with van der Waals surface area (Å²) in [6.45, 7) is 0. The molecule has 6 heteroatoms. The Morgan fingerprint density at radius 2 is 1.92 bits per heavy atom. The molecule has 7 atom stereocenters. The standard InChI is InChI=1S/C18H19Cl2NO3/c19-9-4-10(20)6-11(5-9)21-18(22)24-14-3-8-1-2-12(14)13-7-15-17(23-15)16(8)13/h4-6,8,12-17H,1-3,7H2,(H,21,22)/t8-,12-,13-,14-,15-,16-,17+/m1/s1. The SMILES string of the molecule is O=C(Nc1cc(Cl)cc(Cl)c1)O[C@@H]1C[C@H]2CC[C@@H]1[C@H]1C[C@H]3O[C@@H]3[C@H]21. The van der Waals surface area contributed by atoms with Crippen LogP contribution in [0.5, 0.6) is 0 Å². The van der Waals surface area contributed by atoms with Crippen molar-refractivity contribution in [1.82, 2.24) is 0 Å². The molecule has 1 heterocycles. The van der Waals surface area contributed by atoms with Crippen LogP contribution in [-0.4, -0.2) is 24.4 Å². The predicted molar refractivity (Wildman–Crippen MR) is 91.4 cm³/mol. The van der Waals surface area contributed by atoms with Gasteiger partial charge in [0.25, 0.3) is 0 Å². The van der Waals surface area contributed by atoms with E-state index in [9.17, 15) is 4.79 Å². The first-order valence-electron chi connectivity index (χ1n) is 8.67. The van der Waals surface area contributed by atoms with Crippen molar-refractivity contribution in [3.05, 3.63) is 28.2 Å². The van der Waals surface area contributed by atoms with Crippen LogP contribution in [0, 0.1) is 23.7 Å². The van der Waals surface area contributed by atoms with Crippen molar-refractivity contribution in [2.45, 2.75) is 44.0 Å². The number of amides is 1. The zero-order chi connectivity index (χ0) is 16.4. The summed E-state index contributed by atoms with van der Waals surface area (Å²) in [5.41, 5.74) is 0.562. The van der Waals surface area contributed by atoms with Crippen molar-refractivity contribution in [2.24, 2.45) is 23.7 Å². The summed E-state index contributed by atoms with van der Waals surface area (Å²) in [5.74, 6) is 2.53. The summed E-state index contributed by atoms with van der Waals surface area (Å²) in [7, 11) is 0. The van der Waals surface area contributed by atoms with Gasteiger partial charge in [0.05, 0.1) is 12.2 Å². The number of carbonyl (C=O) groups is 1. The highest BCUT2D eigenvalue weighted by atomic mass is 35.5. The zero-order valence-electron chi connectivity index (χ0n) is 13.1. The highest BCUT2D eigenvalue weighted by Crippen LogP contribution is 2.62. The van der Waals surface area contributed by atoms with Crippen LogP contribution in [-0.2, 0) is 9.47 Å². The summed E-state index contributed by atoms with van der Waals surface area (Å²) < 4.78 is 11.5. The molecule has 0 aromatic heterocycles. The lowest BCUT2D eigenvalue weighted by Gasteiger charge is -2.50. The van der Waals surface area contributed by atoms with Gasteiger partial charge >= 0.3 is 6.09 Å². The number of epoxide rings is 1. The van der Waals surface area contributed by atoms with Crippen molar-refractivity contribution < 1.29 is 14.3 Å². The fraction of sp³-hybridized carbons (Fsp3) is 0.611. The number of benzene rings is 1. The molecule has 1 aliphatic heterocycles. The lowest BCUT2D eigenvalue weighted by molar-refractivity contribution is -0.0851. The summed E-state index contributed by atoms with van der Waals surface area (Å²) in [6.07, 6.45) is 5.16. The molecule has 0 unspecified atom stereocenters. The highest BCUT2D eigenvalue weighted by molar-refractivity contribution is 6.35. The molecule has 0 spiro atoms. The molecule has 24 heavy (non-hydrogen) atoms. The Labute approximate surface area is 150 Å². The predicted octanol–water partition coefficient (Wildman–Crippen LogP) is 4.74. The van der Waals surface area contributed by atoms with Crippen molar-refractivity contribution in [3.8, 4) is 0 Å². The Balaban J connectivity index is 1.26. The van der Waals surface area contributed by atoms with Gasteiger partial charge in [0.1, 0.15) is 6.10 Å². The molecule has 6 rings (SSSR count). The van der Waals surface area contributed by atoms with Gasteiger partial charge in [-0.2, -0.15) is 0 Å². The minimum Gasteiger partial charge on any atom is -0.446 e.